The van der Waals surface area contributed by atoms with E-state index in [0.717, 1.165) is 11.3 Å². The monoisotopic (exact) mass is 466 g/mol. The molecule has 0 amide bonds. The zero-order chi connectivity index (χ0) is 23.7. The van der Waals surface area contributed by atoms with E-state index in [0.29, 0.717) is 44.1 Å². The molecule has 32 heavy (non-hydrogen) atoms. The molecule has 1 saturated heterocycles. The van der Waals surface area contributed by atoms with Gasteiger partial charge in [0, 0.05) is 44.5 Å². The third kappa shape index (κ3) is 9.27. The van der Waals surface area contributed by atoms with Gasteiger partial charge in [0.05, 0.1) is 24.6 Å². The summed E-state index contributed by atoms with van der Waals surface area (Å²) in [4.78, 5) is 40.0. The summed E-state index contributed by atoms with van der Waals surface area (Å²) < 4.78 is 0. The molecule has 0 radical (unpaired) electrons. The molecule has 0 aromatic heterocycles. The number of hydrogen-bond donors (Lipinski definition) is 4. The van der Waals surface area contributed by atoms with Gasteiger partial charge in [-0.2, -0.15) is 0 Å². The van der Waals surface area contributed by atoms with Crippen molar-refractivity contribution in [2.45, 2.75) is 19.4 Å². The van der Waals surface area contributed by atoms with Crippen molar-refractivity contribution in [2.24, 2.45) is 0 Å². The Morgan fingerprint density at radius 3 is 2.00 bits per heavy atom. The molecule has 10 nitrogen and oxygen atoms in total. The average Bonchev–Trinajstić information content (AvgIpc) is 2.74. The summed E-state index contributed by atoms with van der Waals surface area (Å²) >= 11 is 5.05. The quantitative estimate of drug-likeness (QED) is 0.380. The number of aliphatic carboxylic acids is 3. The molecule has 11 heteroatoms. The lowest BCUT2D eigenvalue weighted by atomic mass is 10.0. The first kappa shape index (κ1) is 25.7. The molecule has 1 atom stereocenters. The van der Waals surface area contributed by atoms with Crippen molar-refractivity contribution in [3.05, 3.63) is 29.8 Å². The molecule has 2 rings (SSSR count). The second-order valence-electron chi connectivity index (χ2n) is 7.90. The van der Waals surface area contributed by atoms with Gasteiger partial charge in [0.2, 0.25) is 0 Å². The fourth-order valence-corrected chi connectivity index (χ4v) is 3.93. The Morgan fingerprint density at radius 1 is 0.906 bits per heavy atom. The molecule has 0 saturated carbocycles. The van der Waals surface area contributed by atoms with E-state index in [-0.39, 0.29) is 25.7 Å². The van der Waals surface area contributed by atoms with Gasteiger partial charge in [-0.3, -0.25) is 29.1 Å². The highest BCUT2D eigenvalue weighted by molar-refractivity contribution is 7.80. The number of rotatable bonds is 9. The van der Waals surface area contributed by atoms with Crippen molar-refractivity contribution in [3.63, 3.8) is 0 Å². The Kier molecular flexibility index (Phi) is 9.97. The van der Waals surface area contributed by atoms with Crippen molar-refractivity contribution in [2.75, 3.05) is 57.7 Å². The van der Waals surface area contributed by atoms with Crippen LogP contribution in [0.3, 0.4) is 0 Å². The Hall–Kier alpha value is -2.60. The van der Waals surface area contributed by atoms with Crippen molar-refractivity contribution < 1.29 is 29.7 Å². The first-order valence-electron chi connectivity index (χ1n) is 10.3. The van der Waals surface area contributed by atoms with Gasteiger partial charge < -0.3 is 20.6 Å². The summed E-state index contributed by atoms with van der Waals surface area (Å²) in [5.41, 5.74) is 1.84. The maximum absolute atomic E-state index is 11.5. The molecule has 0 bridgehead atoms. The van der Waals surface area contributed by atoms with Crippen LogP contribution in [0.15, 0.2) is 24.3 Å². The normalized spacial score (nSPS) is 18.8. The standard InChI is InChI=1S/C21H30N4O6S/c1-15(32)22-17-4-2-16(3-5-17)10-18-11-24(13-20(28)29)7-6-23(12-19(26)27)8-9-25(18)14-21(30)31/h2-5,18H,6-14H2,1H3,(H,22,32)(H,26,27)(H,28,29)(H,30,31). The highest BCUT2D eigenvalue weighted by Crippen LogP contribution is 2.16. The Balaban J connectivity index is 2.26. The minimum atomic E-state index is -0.986. The Morgan fingerprint density at radius 2 is 1.44 bits per heavy atom. The number of nitrogens with zero attached hydrogens (tertiary/aromatic N) is 3. The molecule has 1 fully saturated rings. The van der Waals surface area contributed by atoms with E-state index in [4.69, 9.17) is 12.2 Å². The average molecular weight is 467 g/mol. The summed E-state index contributed by atoms with van der Waals surface area (Å²) in [6.07, 6.45) is 0.527. The molecule has 1 unspecified atom stereocenters. The molecule has 176 valence electrons. The second-order valence-corrected chi connectivity index (χ2v) is 8.51. The van der Waals surface area contributed by atoms with E-state index < -0.39 is 17.9 Å². The number of carboxylic acids is 3. The van der Waals surface area contributed by atoms with E-state index in [9.17, 15) is 29.7 Å². The van der Waals surface area contributed by atoms with E-state index >= 15 is 0 Å². The Bertz CT molecular complexity index is 819. The predicted molar refractivity (Wildman–Crippen MR) is 123 cm³/mol. The summed E-state index contributed by atoms with van der Waals surface area (Å²) in [7, 11) is 0. The molecule has 1 aromatic rings. The third-order valence-electron chi connectivity index (χ3n) is 5.22. The predicted octanol–water partition coefficient (Wildman–Crippen LogP) is 0.530. The van der Waals surface area contributed by atoms with Gasteiger partial charge in [-0.05, 0) is 31.0 Å². The molecule has 0 spiro atoms. The highest BCUT2D eigenvalue weighted by atomic mass is 32.1. The molecular weight excluding hydrogens is 436 g/mol. The minimum absolute atomic E-state index is 0.180. The zero-order valence-electron chi connectivity index (χ0n) is 18.1. The van der Waals surface area contributed by atoms with Crippen LogP contribution in [-0.4, -0.2) is 111 Å². The van der Waals surface area contributed by atoms with Crippen LogP contribution in [0, 0.1) is 0 Å². The lowest BCUT2D eigenvalue weighted by Gasteiger charge is -2.33. The molecule has 1 aliphatic rings. The topological polar surface area (TPSA) is 134 Å². The fourth-order valence-electron chi connectivity index (χ4n) is 3.81. The SMILES string of the molecule is CC(=S)Nc1ccc(CC2CN(CC(=O)O)CCN(CC(=O)O)CCN2CC(=O)O)cc1. The molecule has 0 aliphatic carbocycles. The highest BCUT2D eigenvalue weighted by Gasteiger charge is 2.27. The van der Waals surface area contributed by atoms with E-state index in [1.165, 1.54) is 0 Å². The number of carbonyl (C=O) groups is 3. The lowest BCUT2D eigenvalue weighted by Crippen LogP contribution is -2.49. The van der Waals surface area contributed by atoms with Crippen molar-refractivity contribution in [1.82, 2.24) is 14.7 Å². The second kappa shape index (κ2) is 12.4. The van der Waals surface area contributed by atoms with Gasteiger partial charge >= 0.3 is 17.9 Å². The van der Waals surface area contributed by atoms with Gasteiger partial charge in [-0.15, -0.1) is 0 Å². The first-order valence-corrected chi connectivity index (χ1v) is 10.7. The first-order chi connectivity index (χ1) is 15.1. The summed E-state index contributed by atoms with van der Waals surface area (Å²) in [6.45, 7) is 3.08. The van der Waals surface area contributed by atoms with Crippen LogP contribution in [0.4, 0.5) is 5.69 Å². The number of anilines is 1. The minimum Gasteiger partial charge on any atom is -0.480 e. The molecule has 1 heterocycles. The van der Waals surface area contributed by atoms with Crippen LogP contribution in [0.1, 0.15) is 12.5 Å². The smallest absolute Gasteiger partial charge is 0.317 e. The maximum atomic E-state index is 11.5. The van der Waals surface area contributed by atoms with E-state index in [2.05, 4.69) is 5.32 Å². The number of nitrogens with one attached hydrogen (secondary N) is 1. The number of benzene rings is 1. The zero-order valence-corrected chi connectivity index (χ0v) is 18.9. The van der Waals surface area contributed by atoms with Gasteiger partial charge in [0.15, 0.2) is 0 Å². The number of thiocarbonyl (C=S) groups is 1. The molecule has 4 N–H and O–H groups in total. The molecule has 1 aliphatic heterocycles. The maximum Gasteiger partial charge on any atom is 0.317 e. The van der Waals surface area contributed by atoms with Crippen molar-refractivity contribution in [3.8, 4) is 0 Å². The number of carboxylic acid groups (broad SMARTS) is 3. The third-order valence-corrected chi connectivity index (χ3v) is 5.33. The van der Waals surface area contributed by atoms with Crippen LogP contribution in [-0.2, 0) is 20.8 Å². The van der Waals surface area contributed by atoms with E-state index in [1.54, 1.807) is 21.6 Å². The van der Waals surface area contributed by atoms with Crippen LogP contribution in [0.2, 0.25) is 0 Å². The molecule has 1 aromatic carbocycles. The molecular formula is C21H30N4O6S. The van der Waals surface area contributed by atoms with Gasteiger partial charge in [-0.1, -0.05) is 24.4 Å². The van der Waals surface area contributed by atoms with Crippen LogP contribution >= 0.6 is 12.2 Å². The van der Waals surface area contributed by atoms with Crippen molar-refractivity contribution >= 4 is 40.8 Å². The van der Waals surface area contributed by atoms with Gasteiger partial charge in [0.1, 0.15) is 0 Å². The summed E-state index contributed by atoms with van der Waals surface area (Å²) in [5, 5.41) is 31.0. The number of hydrogen-bond acceptors (Lipinski definition) is 7. The van der Waals surface area contributed by atoms with E-state index in [1.807, 2.05) is 24.3 Å². The largest absolute Gasteiger partial charge is 0.480 e. The van der Waals surface area contributed by atoms with Crippen molar-refractivity contribution in [1.29, 1.82) is 0 Å². The lowest BCUT2D eigenvalue weighted by molar-refractivity contribution is -0.140. The van der Waals surface area contributed by atoms with Crippen LogP contribution < -0.4 is 5.32 Å². The van der Waals surface area contributed by atoms with Crippen LogP contribution in [0.5, 0.6) is 0 Å². The fraction of sp³-hybridized carbons (Fsp3) is 0.524. The van der Waals surface area contributed by atoms with Crippen LogP contribution in [0.25, 0.3) is 0 Å². The van der Waals surface area contributed by atoms with Gasteiger partial charge in [0.25, 0.3) is 0 Å². The van der Waals surface area contributed by atoms with Gasteiger partial charge in [-0.25, -0.2) is 0 Å². The summed E-state index contributed by atoms with van der Waals surface area (Å²) in [6, 6.07) is 7.41. The Labute approximate surface area is 192 Å². The summed E-state index contributed by atoms with van der Waals surface area (Å²) in [5.74, 6) is -2.95.